The topological polar surface area (TPSA) is 117 Å². The van der Waals surface area contributed by atoms with Crippen LogP contribution in [-0.2, 0) is 16.1 Å². The van der Waals surface area contributed by atoms with Gasteiger partial charge in [0, 0.05) is 11.1 Å². The Kier molecular flexibility index (Phi) is 6.76. The van der Waals surface area contributed by atoms with Gasteiger partial charge in [-0.25, -0.2) is 0 Å². The van der Waals surface area contributed by atoms with Crippen LogP contribution >= 0.6 is 0 Å². The van der Waals surface area contributed by atoms with Crippen LogP contribution in [0.25, 0.3) is 0 Å². The first-order chi connectivity index (χ1) is 12.9. The number of carbonyl (C=O) groups excluding carboxylic acids is 3. The predicted molar refractivity (Wildman–Crippen MR) is 96.6 cm³/mol. The molecule has 0 heterocycles. The van der Waals surface area contributed by atoms with E-state index in [1.165, 1.54) is 26.4 Å². The third-order valence-corrected chi connectivity index (χ3v) is 3.65. The number of ether oxygens (including phenoxy) is 3. The summed E-state index contributed by atoms with van der Waals surface area (Å²) in [5.74, 6) is -0.740. The number of primary amides is 1. The number of amides is 2. The molecule has 0 fully saturated rings. The lowest BCUT2D eigenvalue weighted by atomic mass is 10.1. The molecule has 0 spiro atoms. The minimum Gasteiger partial charge on any atom is -0.493 e. The Bertz CT molecular complexity index is 850. The number of hydrogen-bond acceptors (Lipinski definition) is 6. The van der Waals surface area contributed by atoms with E-state index < -0.39 is 17.8 Å². The lowest BCUT2D eigenvalue weighted by molar-refractivity contribution is -0.143. The molecular weight excluding hydrogens is 352 g/mol. The van der Waals surface area contributed by atoms with Gasteiger partial charge in [-0.15, -0.1) is 0 Å². The SMILES string of the molecule is COc1ccc(C(=O)NCC(=O)OCc2cccc(C(N)=O)c2)cc1OC. The van der Waals surface area contributed by atoms with Crippen molar-refractivity contribution in [3.8, 4) is 11.5 Å². The maximum Gasteiger partial charge on any atom is 0.325 e. The molecule has 142 valence electrons. The van der Waals surface area contributed by atoms with Crippen molar-refractivity contribution in [3.05, 3.63) is 59.2 Å². The zero-order chi connectivity index (χ0) is 19.8. The van der Waals surface area contributed by atoms with Crippen molar-refractivity contribution in [3.63, 3.8) is 0 Å². The lowest BCUT2D eigenvalue weighted by Crippen LogP contribution is -2.30. The van der Waals surface area contributed by atoms with Crippen LogP contribution in [0.4, 0.5) is 0 Å². The second-order valence-corrected chi connectivity index (χ2v) is 5.48. The van der Waals surface area contributed by atoms with Crippen molar-refractivity contribution in [1.29, 1.82) is 0 Å². The fourth-order valence-corrected chi connectivity index (χ4v) is 2.26. The summed E-state index contributed by atoms with van der Waals surface area (Å²) in [6.45, 7) is -0.338. The highest BCUT2D eigenvalue weighted by atomic mass is 16.5. The molecule has 0 atom stereocenters. The van der Waals surface area contributed by atoms with Gasteiger partial charge in [0.2, 0.25) is 5.91 Å². The van der Waals surface area contributed by atoms with Gasteiger partial charge in [0.05, 0.1) is 14.2 Å². The maximum atomic E-state index is 12.1. The van der Waals surface area contributed by atoms with Crippen LogP contribution in [0.15, 0.2) is 42.5 Å². The van der Waals surface area contributed by atoms with E-state index >= 15 is 0 Å². The van der Waals surface area contributed by atoms with Crippen LogP contribution in [-0.4, -0.2) is 38.5 Å². The predicted octanol–water partition coefficient (Wildman–Crippen LogP) is 1.28. The molecular formula is C19H20N2O6. The van der Waals surface area contributed by atoms with Crippen molar-refractivity contribution in [2.45, 2.75) is 6.61 Å². The second kappa shape index (κ2) is 9.23. The number of methoxy groups -OCH3 is 2. The summed E-state index contributed by atoms with van der Waals surface area (Å²) in [6, 6.07) is 11.1. The first-order valence-electron chi connectivity index (χ1n) is 7.99. The molecule has 3 N–H and O–H groups in total. The van der Waals surface area contributed by atoms with E-state index in [2.05, 4.69) is 5.32 Å². The van der Waals surface area contributed by atoms with Crippen LogP contribution < -0.4 is 20.5 Å². The first kappa shape index (κ1) is 19.8. The number of nitrogens with two attached hydrogens (primary N) is 1. The van der Waals surface area contributed by atoms with Gasteiger partial charge in [-0.2, -0.15) is 0 Å². The van der Waals surface area contributed by atoms with Crippen molar-refractivity contribution < 1.29 is 28.6 Å². The highest BCUT2D eigenvalue weighted by Crippen LogP contribution is 2.27. The summed E-state index contributed by atoms with van der Waals surface area (Å²) >= 11 is 0. The van der Waals surface area contributed by atoms with Gasteiger partial charge in [0.15, 0.2) is 11.5 Å². The van der Waals surface area contributed by atoms with Crippen molar-refractivity contribution in [2.24, 2.45) is 5.73 Å². The molecule has 0 aliphatic carbocycles. The van der Waals surface area contributed by atoms with E-state index in [-0.39, 0.29) is 13.2 Å². The molecule has 0 unspecified atom stereocenters. The van der Waals surface area contributed by atoms with E-state index in [1.54, 1.807) is 30.3 Å². The maximum absolute atomic E-state index is 12.1. The third kappa shape index (κ3) is 5.46. The Morgan fingerprint density at radius 2 is 1.70 bits per heavy atom. The largest absolute Gasteiger partial charge is 0.493 e. The van der Waals surface area contributed by atoms with Crippen LogP contribution in [0.1, 0.15) is 26.3 Å². The van der Waals surface area contributed by atoms with Gasteiger partial charge >= 0.3 is 5.97 Å². The highest BCUT2D eigenvalue weighted by molar-refractivity contribution is 5.96. The molecule has 2 amide bonds. The summed E-state index contributed by atoms with van der Waals surface area (Å²) in [4.78, 5) is 35.1. The number of hydrogen-bond donors (Lipinski definition) is 2. The van der Waals surface area contributed by atoms with Gasteiger partial charge in [-0.05, 0) is 35.9 Å². The fraction of sp³-hybridized carbons (Fsp3) is 0.211. The highest BCUT2D eigenvalue weighted by Gasteiger charge is 2.12. The molecule has 0 saturated heterocycles. The number of esters is 1. The van der Waals surface area contributed by atoms with Crippen LogP contribution in [0.3, 0.4) is 0 Å². The number of carbonyl (C=O) groups is 3. The molecule has 2 aromatic carbocycles. The smallest absolute Gasteiger partial charge is 0.325 e. The molecule has 8 heteroatoms. The minimum absolute atomic E-state index is 0.0355. The summed E-state index contributed by atoms with van der Waals surface area (Å²) in [7, 11) is 2.96. The monoisotopic (exact) mass is 372 g/mol. The summed E-state index contributed by atoms with van der Waals surface area (Å²) in [6.07, 6.45) is 0. The van der Waals surface area contributed by atoms with Crippen LogP contribution in [0, 0.1) is 0 Å². The molecule has 0 aliphatic heterocycles. The average Bonchev–Trinajstić information content (AvgIpc) is 2.69. The molecule has 0 aromatic heterocycles. The summed E-state index contributed by atoms with van der Waals surface area (Å²) in [5.41, 5.74) is 6.46. The average molecular weight is 372 g/mol. The summed E-state index contributed by atoms with van der Waals surface area (Å²) < 4.78 is 15.3. The van der Waals surface area contributed by atoms with E-state index in [0.717, 1.165) is 0 Å². The van der Waals surface area contributed by atoms with Crippen molar-refractivity contribution >= 4 is 17.8 Å². The fourth-order valence-electron chi connectivity index (χ4n) is 2.26. The molecule has 0 aliphatic rings. The van der Waals surface area contributed by atoms with Gasteiger partial charge < -0.3 is 25.3 Å². The number of benzene rings is 2. The van der Waals surface area contributed by atoms with Gasteiger partial charge in [-0.3, -0.25) is 14.4 Å². The Balaban J connectivity index is 1.87. The van der Waals surface area contributed by atoms with Gasteiger partial charge in [-0.1, -0.05) is 12.1 Å². The Morgan fingerprint density at radius 1 is 0.963 bits per heavy atom. The van der Waals surface area contributed by atoms with E-state index in [0.29, 0.717) is 28.2 Å². The molecule has 0 saturated carbocycles. The molecule has 8 nitrogen and oxygen atoms in total. The Labute approximate surface area is 156 Å². The van der Waals surface area contributed by atoms with E-state index in [9.17, 15) is 14.4 Å². The molecule has 2 rings (SSSR count). The van der Waals surface area contributed by atoms with Crippen LogP contribution in [0.5, 0.6) is 11.5 Å². The first-order valence-corrected chi connectivity index (χ1v) is 7.99. The van der Waals surface area contributed by atoms with Crippen molar-refractivity contribution in [2.75, 3.05) is 20.8 Å². The molecule has 0 bridgehead atoms. The molecule has 2 aromatic rings. The summed E-state index contributed by atoms with van der Waals surface area (Å²) in [5, 5.41) is 2.47. The lowest BCUT2D eigenvalue weighted by Gasteiger charge is -2.10. The van der Waals surface area contributed by atoms with Crippen LogP contribution in [0.2, 0.25) is 0 Å². The van der Waals surface area contributed by atoms with Crippen molar-refractivity contribution in [1.82, 2.24) is 5.32 Å². The normalized spacial score (nSPS) is 10.0. The van der Waals surface area contributed by atoms with Gasteiger partial charge in [0.25, 0.3) is 5.91 Å². The van der Waals surface area contributed by atoms with E-state index in [4.69, 9.17) is 19.9 Å². The Morgan fingerprint density at radius 3 is 2.37 bits per heavy atom. The molecule has 0 radical (unpaired) electrons. The minimum atomic E-state index is -0.617. The van der Waals surface area contributed by atoms with Gasteiger partial charge in [0.1, 0.15) is 13.2 Å². The molecule has 27 heavy (non-hydrogen) atoms. The Hall–Kier alpha value is -3.55. The van der Waals surface area contributed by atoms with E-state index in [1.807, 2.05) is 0 Å². The number of nitrogens with one attached hydrogen (secondary N) is 1. The second-order valence-electron chi connectivity index (χ2n) is 5.48. The number of rotatable bonds is 8. The zero-order valence-electron chi connectivity index (χ0n) is 15.0. The third-order valence-electron chi connectivity index (χ3n) is 3.65. The standard InChI is InChI=1S/C19H20N2O6/c1-25-15-7-6-14(9-16(15)26-2)19(24)21-10-17(22)27-11-12-4-3-5-13(8-12)18(20)23/h3-9H,10-11H2,1-2H3,(H2,20,23)(H,21,24). The zero-order valence-corrected chi connectivity index (χ0v) is 15.0. The quantitative estimate of drug-likeness (QED) is 0.674.